The highest BCUT2D eigenvalue weighted by atomic mass is 16.5. The van der Waals surface area contributed by atoms with E-state index in [1.807, 2.05) is 42.5 Å². The van der Waals surface area contributed by atoms with E-state index in [4.69, 9.17) is 9.47 Å². The van der Waals surface area contributed by atoms with Crippen LogP contribution in [0, 0.1) is 0 Å². The predicted molar refractivity (Wildman–Crippen MR) is 132 cm³/mol. The van der Waals surface area contributed by atoms with Crippen LogP contribution in [-0.4, -0.2) is 48.9 Å². The molecule has 1 heterocycles. The summed E-state index contributed by atoms with van der Waals surface area (Å²) in [6, 6.07) is 26.9. The number of nitrogens with zero attached hydrogens (tertiary/aromatic N) is 1. The average molecular weight is 447 g/mol. The van der Waals surface area contributed by atoms with Crippen LogP contribution in [0.15, 0.2) is 78.9 Å². The minimum absolute atomic E-state index is 0.104. The highest BCUT2D eigenvalue weighted by Crippen LogP contribution is 2.31. The Morgan fingerprint density at radius 1 is 0.909 bits per heavy atom. The molecule has 0 saturated carbocycles. The zero-order chi connectivity index (χ0) is 22.9. The molecule has 1 aliphatic heterocycles. The number of para-hydroxylation sites is 2. The summed E-state index contributed by atoms with van der Waals surface area (Å²) in [5.41, 5.74) is 2.50. The molecule has 0 spiro atoms. The van der Waals surface area contributed by atoms with Gasteiger partial charge < -0.3 is 19.9 Å². The van der Waals surface area contributed by atoms with Gasteiger partial charge in [0.15, 0.2) is 11.5 Å². The quantitative estimate of drug-likeness (QED) is 0.475. The number of rotatable bonds is 10. The van der Waals surface area contributed by atoms with E-state index in [9.17, 15) is 5.11 Å². The van der Waals surface area contributed by atoms with E-state index in [2.05, 4.69) is 46.6 Å². The Bertz CT molecular complexity index is 987. The van der Waals surface area contributed by atoms with Gasteiger partial charge in [-0.1, -0.05) is 54.6 Å². The van der Waals surface area contributed by atoms with E-state index in [0.717, 1.165) is 56.1 Å². The molecule has 174 valence electrons. The number of hydrogen-bond acceptors (Lipinski definition) is 5. The lowest BCUT2D eigenvalue weighted by atomic mass is 10.0. The molecule has 5 heteroatoms. The van der Waals surface area contributed by atoms with E-state index in [1.54, 1.807) is 7.11 Å². The Labute approximate surface area is 197 Å². The molecule has 1 saturated heterocycles. The summed E-state index contributed by atoms with van der Waals surface area (Å²) >= 11 is 0. The summed E-state index contributed by atoms with van der Waals surface area (Å²) < 4.78 is 11.5. The molecule has 0 radical (unpaired) electrons. The number of piperidine rings is 1. The van der Waals surface area contributed by atoms with Gasteiger partial charge in [-0.3, -0.25) is 4.90 Å². The highest BCUT2D eigenvalue weighted by Gasteiger charge is 2.22. The fourth-order valence-electron chi connectivity index (χ4n) is 4.46. The molecule has 1 atom stereocenters. The van der Waals surface area contributed by atoms with Crippen LogP contribution >= 0.6 is 0 Å². The molecule has 33 heavy (non-hydrogen) atoms. The third-order valence-electron chi connectivity index (χ3n) is 6.21. The molecule has 5 nitrogen and oxygen atoms in total. The van der Waals surface area contributed by atoms with Crippen molar-refractivity contribution < 1.29 is 14.6 Å². The van der Waals surface area contributed by atoms with Crippen molar-refractivity contribution in [1.82, 2.24) is 10.2 Å². The van der Waals surface area contributed by atoms with Gasteiger partial charge in [-0.25, -0.2) is 0 Å². The number of aliphatic hydroxyl groups is 1. The van der Waals surface area contributed by atoms with Crippen LogP contribution in [0.4, 0.5) is 0 Å². The molecule has 2 N–H and O–H groups in total. The molecule has 0 amide bonds. The lowest BCUT2D eigenvalue weighted by Crippen LogP contribution is -2.47. The van der Waals surface area contributed by atoms with Crippen LogP contribution in [0.3, 0.4) is 0 Å². The molecule has 3 aromatic rings. The lowest BCUT2D eigenvalue weighted by molar-refractivity contribution is 0.166. The highest BCUT2D eigenvalue weighted by molar-refractivity contribution is 5.43. The number of likely N-dealkylation sites (tertiary alicyclic amines) is 1. The van der Waals surface area contributed by atoms with Crippen LogP contribution < -0.4 is 14.8 Å². The van der Waals surface area contributed by atoms with Crippen molar-refractivity contribution in [3.8, 4) is 17.2 Å². The Balaban J connectivity index is 1.27. The molecule has 1 fully saturated rings. The Morgan fingerprint density at radius 2 is 1.61 bits per heavy atom. The minimum Gasteiger partial charge on any atom is -0.493 e. The molecule has 1 aliphatic rings. The van der Waals surface area contributed by atoms with Crippen molar-refractivity contribution >= 4 is 0 Å². The smallest absolute Gasteiger partial charge is 0.169 e. The molecule has 4 rings (SSSR count). The van der Waals surface area contributed by atoms with Crippen LogP contribution in [0.5, 0.6) is 17.2 Å². The average Bonchev–Trinajstić information content (AvgIpc) is 2.86. The second-order valence-corrected chi connectivity index (χ2v) is 8.69. The van der Waals surface area contributed by atoms with Gasteiger partial charge in [0.2, 0.25) is 0 Å². The third kappa shape index (κ3) is 6.81. The molecule has 0 unspecified atom stereocenters. The minimum atomic E-state index is 0.104. The van der Waals surface area contributed by atoms with Gasteiger partial charge in [0.1, 0.15) is 5.75 Å². The van der Waals surface area contributed by atoms with Crippen LogP contribution in [0.1, 0.15) is 24.0 Å². The van der Waals surface area contributed by atoms with Gasteiger partial charge in [0, 0.05) is 18.6 Å². The van der Waals surface area contributed by atoms with E-state index in [1.165, 1.54) is 11.1 Å². The van der Waals surface area contributed by atoms with Crippen molar-refractivity contribution in [1.29, 1.82) is 0 Å². The maximum atomic E-state index is 9.84. The standard InChI is InChI=1S/C28H34N2O3/c1-32-27-12-5-6-13-28(27)33-26-11-7-10-23(19-26)20-30-16-14-24(15-17-30)29-25(21-31)18-22-8-3-2-4-9-22/h2-13,19,24-25,29,31H,14-18,20-21H2,1H3/t25-/m0/s1. The third-order valence-corrected chi connectivity index (χ3v) is 6.21. The Hall–Kier alpha value is -2.86. The Morgan fingerprint density at radius 3 is 2.33 bits per heavy atom. The van der Waals surface area contributed by atoms with Crippen molar-refractivity contribution in [3.63, 3.8) is 0 Å². The summed E-state index contributed by atoms with van der Waals surface area (Å²) in [5, 5.41) is 13.5. The summed E-state index contributed by atoms with van der Waals surface area (Å²) in [6.45, 7) is 3.15. The second kappa shape index (κ2) is 11.8. The first-order valence-corrected chi connectivity index (χ1v) is 11.8. The zero-order valence-corrected chi connectivity index (χ0v) is 19.3. The van der Waals surface area contributed by atoms with E-state index >= 15 is 0 Å². The van der Waals surface area contributed by atoms with Crippen LogP contribution in [0.2, 0.25) is 0 Å². The molecule has 0 bridgehead atoms. The normalized spacial score (nSPS) is 15.8. The predicted octanol–water partition coefficient (Wildman–Crippen LogP) is 4.65. The maximum absolute atomic E-state index is 9.84. The molecule has 0 aliphatic carbocycles. The molecule has 0 aromatic heterocycles. The van der Waals surface area contributed by atoms with Crippen molar-refractivity contribution in [2.24, 2.45) is 0 Å². The van der Waals surface area contributed by atoms with Crippen molar-refractivity contribution in [3.05, 3.63) is 90.0 Å². The molecule has 3 aromatic carbocycles. The van der Waals surface area contributed by atoms with E-state index in [0.29, 0.717) is 6.04 Å². The molecular weight excluding hydrogens is 412 g/mol. The van der Waals surface area contributed by atoms with Gasteiger partial charge in [-0.05, 0) is 67.7 Å². The number of nitrogens with one attached hydrogen (secondary N) is 1. The van der Waals surface area contributed by atoms with Gasteiger partial charge in [0.25, 0.3) is 0 Å². The second-order valence-electron chi connectivity index (χ2n) is 8.69. The SMILES string of the molecule is COc1ccccc1Oc1cccc(CN2CCC(N[C@H](CO)Cc3ccccc3)CC2)c1. The number of hydrogen-bond donors (Lipinski definition) is 2. The summed E-state index contributed by atoms with van der Waals surface area (Å²) in [5.74, 6) is 2.27. The van der Waals surface area contributed by atoms with Gasteiger partial charge in [-0.2, -0.15) is 0 Å². The zero-order valence-electron chi connectivity index (χ0n) is 19.3. The monoisotopic (exact) mass is 446 g/mol. The van der Waals surface area contributed by atoms with E-state index in [-0.39, 0.29) is 12.6 Å². The van der Waals surface area contributed by atoms with Crippen molar-refractivity contribution in [2.75, 3.05) is 26.8 Å². The van der Waals surface area contributed by atoms with Gasteiger partial charge >= 0.3 is 0 Å². The van der Waals surface area contributed by atoms with E-state index < -0.39 is 0 Å². The number of ether oxygens (including phenoxy) is 2. The van der Waals surface area contributed by atoms with Gasteiger partial charge in [-0.15, -0.1) is 0 Å². The summed E-state index contributed by atoms with van der Waals surface area (Å²) in [6.07, 6.45) is 3.03. The number of methoxy groups -OCH3 is 1. The first kappa shape index (κ1) is 23.3. The largest absolute Gasteiger partial charge is 0.493 e. The summed E-state index contributed by atoms with van der Waals surface area (Å²) in [7, 11) is 1.65. The molecular formula is C28H34N2O3. The topological polar surface area (TPSA) is 54.0 Å². The first-order valence-electron chi connectivity index (χ1n) is 11.8. The Kier molecular flexibility index (Phi) is 8.36. The van der Waals surface area contributed by atoms with Crippen molar-refractivity contribution in [2.45, 2.75) is 37.9 Å². The number of aliphatic hydroxyl groups excluding tert-OH is 1. The summed E-state index contributed by atoms with van der Waals surface area (Å²) in [4.78, 5) is 2.49. The van der Waals surface area contributed by atoms with Crippen LogP contribution in [-0.2, 0) is 13.0 Å². The lowest BCUT2D eigenvalue weighted by Gasteiger charge is -2.34. The fourth-order valence-corrected chi connectivity index (χ4v) is 4.46. The van der Waals surface area contributed by atoms with Crippen LogP contribution in [0.25, 0.3) is 0 Å². The first-order chi connectivity index (χ1) is 16.2. The maximum Gasteiger partial charge on any atom is 0.169 e. The fraction of sp³-hybridized carbons (Fsp3) is 0.357. The van der Waals surface area contributed by atoms with Gasteiger partial charge in [0.05, 0.1) is 13.7 Å². The number of benzene rings is 3.